The van der Waals surface area contributed by atoms with Gasteiger partial charge in [-0.05, 0) is 19.8 Å². The van der Waals surface area contributed by atoms with Crippen molar-refractivity contribution in [3.63, 3.8) is 0 Å². The van der Waals surface area contributed by atoms with Gasteiger partial charge in [0.05, 0.1) is 19.3 Å². The normalized spacial score (nSPS) is 12.0. The molecule has 0 amide bonds. The van der Waals surface area contributed by atoms with E-state index in [9.17, 15) is 0 Å². The average Bonchev–Trinajstić information content (AvgIpc) is 2.50. The molecule has 0 aliphatic carbocycles. The fourth-order valence-corrected chi connectivity index (χ4v) is 1.63. The first-order chi connectivity index (χ1) is 10.1. The van der Waals surface area contributed by atoms with Crippen LogP contribution in [0.4, 0.5) is 11.9 Å². The summed E-state index contributed by atoms with van der Waals surface area (Å²) in [6, 6.07) is 0.521. The lowest BCUT2D eigenvalue weighted by Crippen LogP contribution is -2.34. The van der Waals surface area contributed by atoms with Gasteiger partial charge in [-0.15, -0.1) is 0 Å². The highest BCUT2D eigenvalue weighted by Crippen LogP contribution is 2.16. The van der Waals surface area contributed by atoms with Gasteiger partial charge in [-0.2, -0.15) is 15.0 Å². The number of rotatable bonds is 10. The predicted octanol–water partition coefficient (Wildman–Crippen LogP) is 1.95. The van der Waals surface area contributed by atoms with Gasteiger partial charge in [0, 0.05) is 20.7 Å². The highest BCUT2D eigenvalue weighted by molar-refractivity contribution is 5.38. The van der Waals surface area contributed by atoms with E-state index in [1.807, 2.05) is 18.9 Å². The van der Waals surface area contributed by atoms with Gasteiger partial charge in [-0.3, -0.25) is 0 Å². The Kier molecular flexibility index (Phi) is 7.74. The third-order valence-corrected chi connectivity index (χ3v) is 2.96. The van der Waals surface area contributed by atoms with Crippen molar-refractivity contribution in [2.45, 2.75) is 39.7 Å². The molecule has 0 saturated heterocycles. The standard InChI is InChI=1S/C14H27N5O2/c1-6-8-15-12-16-13(19(4)11(3)10-20-5)18-14(17-12)21-9-7-2/h11H,6-10H2,1-5H3,(H,15,16,17,18). The van der Waals surface area contributed by atoms with Crippen molar-refractivity contribution in [3.05, 3.63) is 0 Å². The molecule has 120 valence electrons. The molecule has 1 aromatic heterocycles. The van der Waals surface area contributed by atoms with Gasteiger partial charge >= 0.3 is 6.01 Å². The van der Waals surface area contributed by atoms with Crippen molar-refractivity contribution in [2.24, 2.45) is 0 Å². The molecule has 0 aliphatic heterocycles. The van der Waals surface area contributed by atoms with Crippen molar-refractivity contribution >= 4 is 11.9 Å². The number of nitrogens with one attached hydrogen (secondary N) is 1. The highest BCUT2D eigenvalue weighted by atomic mass is 16.5. The predicted molar refractivity (Wildman–Crippen MR) is 84.1 cm³/mol. The van der Waals surface area contributed by atoms with Crippen LogP contribution in [-0.2, 0) is 4.74 Å². The molecular weight excluding hydrogens is 270 g/mol. The minimum Gasteiger partial charge on any atom is -0.463 e. The van der Waals surface area contributed by atoms with Crippen LogP contribution in [0.2, 0.25) is 0 Å². The van der Waals surface area contributed by atoms with Gasteiger partial charge in [0.15, 0.2) is 0 Å². The fraction of sp³-hybridized carbons (Fsp3) is 0.786. The number of hydrogen-bond acceptors (Lipinski definition) is 7. The largest absolute Gasteiger partial charge is 0.463 e. The number of hydrogen-bond donors (Lipinski definition) is 1. The van der Waals surface area contributed by atoms with Crippen LogP contribution in [0.1, 0.15) is 33.6 Å². The maximum absolute atomic E-state index is 5.55. The molecular formula is C14H27N5O2. The van der Waals surface area contributed by atoms with Gasteiger partial charge in [0.1, 0.15) is 0 Å². The molecule has 0 bridgehead atoms. The molecule has 0 aliphatic rings. The summed E-state index contributed by atoms with van der Waals surface area (Å²) in [7, 11) is 3.62. The Hall–Kier alpha value is -1.63. The van der Waals surface area contributed by atoms with E-state index in [2.05, 4.69) is 34.1 Å². The second-order valence-corrected chi connectivity index (χ2v) is 4.93. The Morgan fingerprint density at radius 2 is 1.95 bits per heavy atom. The Morgan fingerprint density at radius 3 is 2.57 bits per heavy atom. The number of aromatic nitrogens is 3. The second kappa shape index (κ2) is 9.33. The maximum Gasteiger partial charge on any atom is 0.323 e. The summed E-state index contributed by atoms with van der Waals surface area (Å²) < 4.78 is 10.7. The fourth-order valence-electron chi connectivity index (χ4n) is 1.63. The average molecular weight is 297 g/mol. The molecule has 1 rings (SSSR count). The highest BCUT2D eigenvalue weighted by Gasteiger charge is 2.16. The topological polar surface area (TPSA) is 72.4 Å². The van der Waals surface area contributed by atoms with Crippen LogP contribution in [0, 0.1) is 0 Å². The summed E-state index contributed by atoms with van der Waals surface area (Å²) in [5.74, 6) is 1.13. The van der Waals surface area contributed by atoms with Gasteiger partial charge in [-0.25, -0.2) is 0 Å². The van der Waals surface area contributed by atoms with Crippen LogP contribution in [0.5, 0.6) is 6.01 Å². The molecule has 0 radical (unpaired) electrons. The lowest BCUT2D eigenvalue weighted by molar-refractivity contribution is 0.182. The monoisotopic (exact) mass is 297 g/mol. The van der Waals surface area contributed by atoms with Crippen molar-refractivity contribution in [3.8, 4) is 6.01 Å². The summed E-state index contributed by atoms with van der Waals surface area (Å²) in [6.07, 6.45) is 1.91. The molecule has 1 aromatic rings. The first kappa shape index (κ1) is 17.4. The van der Waals surface area contributed by atoms with Gasteiger partial charge in [0.2, 0.25) is 11.9 Å². The summed E-state index contributed by atoms with van der Waals surface area (Å²) in [4.78, 5) is 15.0. The smallest absolute Gasteiger partial charge is 0.323 e. The summed E-state index contributed by atoms with van der Waals surface area (Å²) in [5, 5.41) is 3.18. The zero-order valence-corrected chi connectivity index (χ0v) is 13.7. The number of nitrogens with zero attached hydrogens (tertiary/aromatic N) is 4. The first-order valence-electron chi connectivity index (χ1n) is 7.46. The summed E-state index contributed by atoms with van der Waals surface area (Å²) >= 11 is 0. The summed E-state index contributed by atoms with van der Waals surface area (Å²) in [5.41, 5.74) is 0. The van der Waals surface area contributed by atoms with E-state index in [0.29, 0.717) is 31.1 Å². The lowest BCUT2D eigenvalue weighted by Gasteiger charge is -2.24. The minimum absolute atomic E-state index is 0.162. The molecule has 0 saturated carbocycles. The molecule has 1 unspecified atom stereocenters. The molecule has 21 heavy (non-hydrogen) atoms. The molecule has 0 fully saturated rings. The Labute approximate surface area is 127 Å². The second-order valence-electron chi connectivity index (χ2n) is 4.93. The SMILES string of the molecule is CCCNc1nc(OCCC)nc(N(C)C(C)COC)n1. The third-order valence-electron chi connectivity index (χ3n) is 2.96. The van der Waals surface area contributed by atoms with Crippen LogP contribution in [0.15, 0.2) is 0 Å². The Balaban J connectivity index is 2.93. The van der Waals surface area contributed by atoms with Gasteiger partial charge in [0.25, 0.3) is 0 Å². The Bertz CT molecular complexity index is 390. The number of ether oxygens (including phenoxy) is 2. The maximum atomic E-state index is 5.55. The number of likely N-dealkylation sites (N-methyl/N-ethyl adjacent to an activating group) is 1. The zero-order valence-electron chi connectivity index (χ0n) is 13.7. The van der Waals surface area contributed by atoms with E-state index in [1.54, 1.807) is 7.11 Å². The number of anilines is 2. The van der Waals surface area contributed by atoms with Crippen molar-refractivity contribution in [1.29, 1.82) is 0 Å². The van der Waals surface area contributed by atoms with E-state index < -0.39 is 0 Å². The van der Waals surface area contributed by atoms with E-state index in [4.69, 9.17) is 9.47 Å². The van der Waals surface area contributed by atoms with E-state index in [1.165, 1.54) is 0 Å². The first-order valence-corrected chi connectivity index (χ1v) is 7.46. The van der Waals surface area contributed by atoms with Crippen molar-refractivity contribution in [2.75, 3.05) is 44.1 Å². The van der Waals surface area contributed by atoms with Crippen LogP contribution < -0.4 is 15.0 Å². The number of methoxy groups -OCH3 is 1. The van der Waals surface area contributed by atoms with Crippen molar-refractivity contribution in [1.82, 2.24) is 15.0 Å². The zero-order chi connectivity index (χ0) is 15.7. The van der Waals surface area contributed by atoms with E-state index >= 15 is 0 Å². The molecule has 1 N–H and O–H groups in total. The van der Waals surface area contributed by atoms with Crippen LogP contribution >= 0.6 is 0 Å². The van der Waals surface area contributed by atoms with E-state index in [0.717, 1.165) is 19.4 Å². The summed E-state index contributed by atoms with van der Waals surface area (Å²) in [6.45, 7) is 8.20. The molecule has 0 aromatic carbocycles. The lowest BCUT2D eigenvalue weighted by atomic mass is 10.3. The van der Waals surface area contributed by atoms with Crippen molar-refractivity contribution < 1.29 is 9.47 Å². The van der Waals surface area contributed by atoms with Gasteiger partial charge < -0.3 is 19.7 Å². The molecule has 7 nitrogen and oxygen atoms in total. The third kappa shape index (κ3) is 5.71. The minimum atomic E-state index is 0.162. The van der Waals surface area contributed by atoms with E-state index in [-0.39, 0.29) is 6.04 Å². The van der Waals surface area contributed by atoms with Crippen LogP contribution in [0.25, 0.3) is 0 Å². The molecule has 1 atom stereocenters. The quantitative estimate of drug-likeness (QED) is 0.707. The molecule has 1 heterocycles. The molecule has 7 heteroatoms. The van der Waals surface area contributed by atoms with Crippen LogP contribution in [-0.4, -0.2) is 54.9 Å². The molecule has 0 spiro atoms. The van der Waals surface area contributed by atoms with Gasteiger partial charge in [-0.1, -0.05) is 13.8 Å². The Morgan fingerprint density at radius 1 is 1.19 bits per heavy atom. The van der Waals surface area contributed by atoms with Crippen LogP contribution in [0.3, 0.4) is 0 Å².